The number of nitriles is 1. The van der Waals surface area contributed by atoms with Crippen LogP contribution >= 0.6 is 27.7 Å². The van der Waals surface area contributed by atoms with Crippen molar-refractivity contribution in [3.63, 3.8) is 0 Å². The Kier molecular flexibility index (Phi) is 10.8. The van der Waals surface area contributed by atoms with Gasteiger partial charge >= 0.3 is 29.6 Å². The summed E-state index contributed by atoms with van der Waals surface area (Å²) in [5.74, 6) is -0.812. The van der Waals surface area contributed by atoms with Crippen LogP contribution in [0.5, 0.6) is 5.75 Å². The summed E-state index contributed by atoms with van der Waals surface area (Å²) in [6, 6.07) is 29.9. The Balaban J connectivity index is 0.00000405. The molecule has 4 aromatic carbocycles. The number of nitrogens with zero attached hydrogens (tertiary/aromatic N) is 2. The summed E-state index contributed by atoms with van der Waals surface area (Å²) in [7, 11) is 0. The minimum absolute atomic E-state index is 0. The van der Waals surface area contributed by atoms with Crippen molar-refractivity contribution in [2.75, 3.05) is 0 Å². The monoisotopic (exact) mass is 645 g/mol. The van der Waals surface area contributed by atoms with Gasteiger partial charge in [-0.25, -0.2) is 4.99 Å². The van der Waals surface area contributed by atoms with Gasteiger partial charge in [0.15, 0.2) is 5.17 Å². The molecule has 0 spiro atoms. The first-order valence-electron chi connectivity index (χ1n) is 12.5. The summed E-state index contributed by atoms with van der Waals surface area (Å²) in [5.41, 5.74) is 5.34. The number of carboxylic acids is 1. The van der Waals surface area contributed by atoms with Gasteiger partial charge in [-0.1, -0.05) is 70.5 Å². The van der Waals surface area contributed by atoms with E-state index in [0.29, 0.717) is 39.2 Å². The predicted octanol–water partition coefficient (Wildman–Crippen LogP) is 2.75. The number of benzene rings is 4. The van der Waals surface area contributed by atoms with Crippen LogP contribution in [0.3, 0.4) is 0 Å². The number of amidine groups is 1. The number of nitrogens with one attached hydrogen (secondary N) is 1. The molecule has 5 rings (SSSR count). The molecule has 202 valence electrons. The van der Waals surface area contributed by atoms with Gasteiger partial charge in [0.2, 0.25) is 0 Å². The number of aliphatic imine (C=N–C) groups is 1. The van der Waals surface area contributed by atoms with Gasteiger partial charge in [-0.2, -0.15) is 5.26 Å². The number of hydrogen-bond acceptors (Lipinski definition) is 7. The van der Waals surface area contributed by atoms with Crippen LogP contribution in [-0.2, 0) is 22.6 Å². The van der Waals surface area contributed by atoms with Crippen LogP contribution in [0.25, 0.3) is 17.2 Å². The summed E-state index contributed by atoms with van der Waals surface area (Å²) in [5, 5.41) is 23.4. The van der Waals surface area contributed by atoms with Crippen LogP contribution in [0.4, 0.5) is 5.69 Å². The van der Waals surface area contributed by atoms with E-state index in [2.05, 4.69) is 32.3 Å². The molecular formula is C32H21BrN3NaO4S. The van der Waals surface area contributed by atoms with Crippen LogP contribution in [0.15, 0.2) is 105 Å². The van der Waals surface area contributed by atoms with E-state index in [1.54, 1.807) is 36.4 Å². The minimum Gasteiger partial charge on any atom is -0.550 e. The van der Waals surface area contributed by atoms with Gasteiger partial charge < -0.3 is 20.0 Å². The Bertz CT molecular complexity index is 1730. The van der Waals surface area contributed by atoms with Crippen molar-refractivity contribution in [1.82, 2.24) is 5.32 Å². The number of carbonyl (C=O) groups is 2. The second kappa shape index (κ2) is 14.5. The zero-order valence-electron chi connectivity index (χ0n) is 22.5. The minimum atomic E-state index is -1.15. The molecule has 4 aromatic rings. The molecule has 42 heavy (non-hydrogen) atoms. The number of hydrogen-bond donors (Lipinski definition) is 1. The maximum atomic E-state index is 12.7. The quantitative estimate of drug-likeness (QED) is 0.233. The summed E-state index contributed by atoms with van der Waals surface area (Å²) < 4.78 is 6.98. The Morgan fingerprint density at radius 1 is 1.02 bits per heavy atom. The Labute approximate surface area is 277 Å². The molecule has 1 aliphatic rings. The van der Waals surface area contributed by atoms with Crippen molar-refractivity contribution in [3.8, 4) is 22.9 Å². The number of amides is 1. The number of aliphatic carboxylic acids is 1. The first-order chi connectivity index (χ1) is 19.9. The van der Waals surface area contributed by atoms with Gasteiger partial charge in [-0.05, 0) is 76.5 Å². The second-order valence-corrected chi connectivity index (χ2v) is 11.0. The van der Waals surface area contributed by atoms with E-state index in [0.717, 1.165) is 26.7 Å². The molecule has 0 unspecified atom stereocenters. The summed E-state index contributed by atoms with van der Waals surface area (Å²) >= 11 is 4.70. The van der Waals surface area contributed by atoms with E-state index in [4.69, 9.17) is 4.74 Å². The zero-order valence-corrected chi connectivity index (χ0v) is 26.9. The largest absolute Gasteiger partial charge is 1.00 e. The summed E-state index contributed by atoms with van der Waals surface area (Å²) in [6.07, 6.45) is 1.59. The third-order valence-electron chi connectivity index (χ3n) is 6.13. The Morgan fingerprint density at radius 3 is 2.45 bits per heavy atom. The van der Waals surface area contributed by atoms with Crippen molar-refractivity contribution in [2.24, 2.45) is 4.99 Å². The molecule has 1 saturated heterocycles. The first kappa shape index (κ1) is 31.3. The standard InChI is InChI=1S/C32H22BrN3O4S.Na/c33-25-11-14-28(40-19-21-5-9-22(10-6-21)27-4-2-1-3-23(27)18-34)24(16-25)17-29-31(39)36-32(41-29)35-26-12-7-20(8-13-26)15-30(37)38;/h1-14,16-17H,15,19H2,(H,37,38)(H,35,36,39);/q;+1/p-1. The maximum Gasteiger partial charge on any atom is 1.00 e. The van der Waals surface area contributed by atoms with Crippen molar-refractivity contribution in [2.45, 2.75) is 13.0 Å². The zero-order chi connectivity index (χ0) is 28.8. The molecule has 1 aliphatic heterocycles. The van der Waals surface area contributed by atoms with Crippen molar-refractivity contribution in [3.05, 3.63) is 123 Å². The molecule has 0 aromatic heterocycles. The van der Waals surface area contributed by atoms with E-state index in [-0.39, 0.29) is 41.9 Å². The van der Waals surface area contributed by atoms with E-state index >= 15 is 0 Å². The van der Waals surface area contributed by atoms with E-state index < -0.39 is 5.97 Å². The third-order valence-corrected chi connectivity index (χ3v) is 7.53. The predicted molar refractivity (Wildman–Crippen MR) is 161 cm³/mol. The SMILES string of the molecule is N#Cc1ccccc1-c1ccc(COc2ccc(Br)cc2C=C2SC(=Nc3ccc(CC(=O)[O-])cc3)NC2=O)cc1.[Na+]. The van der Waals surface area contributed by atoms with E-state index in [9.17, 15) is 20.0 Å². The molecule has 0 aliphatic carbocycles. The average Bonchev–Trinajstić information content (AvgIpc) is 3.31. The van der Waals surface area contributed by atoms with Crippen LogP contribution in [0.1, 0.15) is 22.3 Å². The number of ether oxygens (including phenoxy) is 1. The fourth-order valence-corrected chi connectivity index (χ4v) is 5.34. The second-order valence-electron chi connectivity index (χ2n) is 9.02. The van der Waals surface area contributed by atoms with E-state index in [1.807, 2.05) is 60.7 Å². The molecule has 1 amide bonds. The molecule has 10 heteroatoms. The van der Waals surface area contributed by atoms with Crippen molar-refractivity contribution < 1.29 is 49.0 Å². The topological polar surface area (TPSA) is 115 Å². The Morgan fingerprint density at radius 2 is 1.74 bits per heavy atom. The number of rotatable bonds is 8. The number of thioether (sulfide) groups is 1. The van der Waals surface area contributed by atoms with Gasteiger partial charge in [-0.15, -0.1) is 0 Å². The van der Waals surface area contributed by atoms with Gasteiger partial charge in [0.1, 0.15) is 12.4 Å². The van der Waals surface area contributed by atoms with Gasteiger partial charge in [0, 0.05) is 22.4 Å². The normalized spacial score (nSPS) is 14.2. The molecule has 1 N–H and O–H groups in total. The molecule has 0 radical (unpaired) electrons. The number of halogens is 1. The smallest absolute Gasteiger partial charge is 0.550 e. The molecule has 0 saturated carbocycles. The fraction of sp³-hybridized carbons (Fsp3) is 0.0625. The Hall–Kier alpha value is -3.65. The first-order valence-corrected chi connectivity index (χ1v) is 14.1. The molecule has 0 atom stereocenters. The van der Waals surface area contributed by atoms with Gasteiger partial charge in [0.05, 0.1) is 22.2 Å². The molecule has 0 bridgehead atoms. The third kappa shape index (κ3) is 8.00. The van der Waals surface area contributed by atoms with Crippen molar-refractivity contribution in [1.29, 1.82) is 5.26 Å². The molecular weight excluding hydrogens is 625 g/mol. The van der Waals surface area contributed by atoms with Crippen LogP contribution in [0.2, 0.25) is 0 Å². The molecule has 1 fully saturated rings. The average molecular weight is 646 g/mol. The van der Waals surface area contributed by atoms with Gasteiger partial charge in [-0.3, -0.25) is 4.79 Å². The molecule has 1 heterocycles. The maximum absolute atomic E-state index is 12.7. The fourth-order valence-electron chi connectivity index (χ4n) is 4.13. The van der Waals surface area contributed by atoms with Crippen molar-refractivity contribution >= 4 is 56.5 Å². The van der Waals surface area contributed by atoms with Gasteiger partial charge in [0.25, 0.3) is 5.91 Å². The summed E-state index contributed by atoms with van der Waals surface area (Å²) in [6.45, 7) is 0.317. The number of carboxylic acid groups (broad SMARTS) is 1. The van der Waals surface area contributed by atoms with Crippen LogP contribution in [-0.4, -0.2) is 17.0 Å². The van der Waals surface area contributed by atoms with Crippen LogP contribution in [0, 0.1) is 11.3 Å². The van der Waals surface area contributed by atoms with Crippen LogP contribution < -0.4 is 44.7 Å². The van der Waals surface area contributed by atoms with E-state index in [1.165, 1.54) is 11.8 Å². The molecule has 7 nitrogen and oxygen atoms in total. The summed E-state index contributed by atoms with van der Waals surface area (Å²) in [4.78, 5) is 28.4. The number of carbonyl (C=O) groups excluding carboxylic acids is 2.